The third-order valence-corrected chi connectivity index (χ3v) is 2.35. The number of halogens is 1. The lowest BCUT2D eigenvalue weighted by Crippen LogP contribution is -2.36. The highest BCUT2D eigenvalue weighted by molar-refractivity contribution is 6.18. The van der Waals surface area contributed by atoms with E-state index in [1.807, 2.05) is 6.92 Å². The Labute approximate surface area is 72.3 Å². The van der Waals surface area contributed by atoms with Gasteiger partial charge in [0.25, 0.3) is 0 Å². The number of amides is 1. The Bertz CT molecular complexity index is 141. The molecule has 1 atom stereocenters. The second kappa shape index (κ2) is 3.96. The van der Waals surface area contributed by atoms with Crippen molar-refractivity contribution < 1.29 is 4.79 Å². The average molecular weight is 176 g/mol. The van der Waals surface area contributed by atoms with Crippen LogP contribution < -0.4 is 5.32 Å². The highest BCUT2D eigenvalue weighted by Crippen LogP contribution is 2.28. The molecule has 1 N–H and O–H groups in total. The van der Waals surface area contributed by atoms with Crippen LogP contribution in [-0.4, -0.2) is 17.8 Å². The second-order valence-electron chi connectivity index (χ2n) is 3.04. The van der Waals surface area contributed by atoms with E-state index in [1.54, 1.807) is 0 Å². The first-order valence-corrected chi connectivity index (χ1v) is 4.67. The van der Waals surface area contributed by atoms with E-state index in [1.165, 1.54) is 0 Å². The number of hydrogen-bond donors (Lipinski definition) is 1. The van der Waals surface area contributed by atoms with Gasteiger partial charge in [-0.1, -0.05) is 6.92 Å². The van der Waals surface area contributed by atoms with E-state index >= 15 is 0 Å². The van der Waals surface area contributed by atoms with Crippen molar-refractivity contribution in [2.45, 2.75) is 32.2 Å². The quantitative estimate of drug-likeness (QED) is 0.646. The maximum absolute atomic E-state index is 11.2. The summed E-state index contributed by atoms with van der Waals surface area (Å²) in [6.07, 6.45) is 3.04. The molecule has 0 spiro atoms. The van der Waals surface area contributed by atoms with Crippen LogP contribution in [0.1, 0.15) is 26.2 Å². The van der Waals surface area contributed by atoms with Gasteiger partial charge in [-0.25, -0.2) is 0 Å². The standard InChI is InChI=1S/C8H14ClNO/c1-2-7(5-9)10-8(11)6-3-4-6/h6-7H,2-5H2,1H3,(H,10,11). The van der Waals surface area contributed by atoms with Crippen molar-refractivity contribution in [3.05, 3.63) is 0 Å². The van der Waals surface area contributed by atoms with E-state index in [4.69, 9.17) is 11.6 Å². The van der Waals surface area contributed by atoms with E-state index in [9.17, 15) is 4.79 Å². The lowest BCUT2D eigenvalue weighted by molar-refractivity contribution is -0.122. The summed E-state index contributed by atoms with van der Waals surface area (Å²) < 4.78 is 0. The van der Waals surface area contributed by atoms with Crippen LogP contribution in [0.2, 0.25) is 0 Å². The summed E-state index contributed by atoms with van der Waals surface area (Å²) in [6, 6.07) is 0.171. The van der Waals surface area contributed by atoms with Crippen molar-refractivity contribution in [2.24, 2.45) is 5.92 Å². The number of nitrogens with one attached hydrogen (secondary N) is 1. The molecule has 3 heteroatoms. The molecule has 0 radical (unpaired) electrons. The number of hydrogen-bond acceptors (Lipinski definition) is 1. The van der Waals surface area contributed by atoms with E-state index in [0.717, 1.165) is 19.3 Å². The average Bonchev–Trinajstić information content (AvgIpc) is 2.81. The fourth-order valence-corrected chi connectivity index (χ4v) is 1.21. The molecule has 1 unspecified atom stereocenters. The molecular weight excluding hydrogens is 162 g/mol. The zero-order chi connectivity index (χ0) is 8.27. The second-order valence-corrected chi connectivity index (χ2v) is 3.35. The van der Waals surface area contributed by atoms with Crippen LogP contribution in [0.5, 0.6) is 0 Å². The molecular formula is C8H14ClNO. The van der Waals surface area contributed by atoms with Gasteiger partial charge in [-0.15, -0.1) is 11.6 Å². The van der Waals surface area contributed by atoms with E-state index < -0.39 is 0 Å². The van der Waals surface area contributed by atoms with Gasteiger partial charge in [-0.3, -0.25) is 4.79 Å². The van der Waals surface area contributed by atoms with Crippen molar-refractivity contribution in [3.63, 3.8) is 0 Å². The van der Waals surface area contributed by atoms with Crippen LogP contribution in [-0.2, 0) is 4.79 Å². The van der Waals surface area contributed by atoms with Crippen molar-refractivity contribution >= 4 is 17.5 Å². The van der Waals surface area contributed by atoms with Gasteiger partial charge in [0.1, 0.15) is 0 Å². The summed E-state index contributed by atoms with van der Waals surface area (Å²) in [4.78, 5) is 11.2. The minimum Gasteiger partial charge on any atom is -0.352 e. The summed E-state index contributed by atoms with van der Waals surface area (Å²) in [5.74, 6) is 1.01. The third kappa shape index (κ3) is 2.70. The molecule has 64 valence electrons. The van der Waals surface area contributed by atoms with Crippen LogP contribution in [0.3, 0.4) is 0 Å². The summed E-state index contributed by atoms with van der Waals surface area (Å²) >= 11 is 5.62. The molecule has 0 aromatic rings. The van der Waals surface area contributed by atoms with Crippen LogP contribution in [0.25, 0.3) is 0 Å². The van der Waals surface area contributed by atoms with Gasteiger partial charge in [0.2, 0.25) is 5.91 Å². The van der Waals surface area contributed by atoms with Crippen molar-refractivity contribution in [1.29, 1.82) is 0 Å². The number of carbonyl (C=O) groups is 1. The summed E-state index contributed by atoms with van der Waals surface area (Å²) in [6.45, 7) is 2.03. The Morgan fingerprint density at radius 2 is 2.36 bits per heavy atom. The van der Waals surface area contributed by atoms with E-state index in [2.05, 4.69) is 5.32 Å². The molecule has 1 fully saturated rings. The van der Waals surface area contributed by atoms with Crippen molar-refractivity contribution in [1.82, 2.24) is 5.32 Å². The van der Waals surface area contributed by atoms with Gasteiger partial charge in [-0.2, -0.15) is 0 Å². The topological polar surface area (TPSA) is 29.1 Å². The predicted molar refractivity (Wildman–Crippen MR) is 45.7 cm³/mol. The maximum Gasteiger partial charge on any atom is 0.223 e. The predicted octanol–water partition coefficient (Wildman–Crippen LogP) is 1.53. The zero-order valence-corrected chi connectivity index (χ0v) is 7.53. The van der Waals surface area contributed by atoms with Gasteiger partial charge in [0.05, 0.1) is 0 Å². The summed E-state index contributed by atoms with van der Waals surface area (Å²) in [5.41, 5.74) is 0. The monoisotopic (exact) mass is 175 g/mol. The lowest BCUT2D eigenvalue weighted by Gasteiger charge is -2.12. The highest BCUT2D eigenvalue weighted by atomic mass is 35.5. The minimum atomic E-state index is 0.171. The molecule has 1 rings (SSSR count). The van der Waals surface area contributed by atoms with Crippen molar-refractivity contribution in [2.75, 3.05) is 5.88 Å². The molecule has 1 amide bonds. The normalized spacial score (nSPS) is 19.5. The third-order valence-electron chi connectivity index (χ3n) is 1.97. The van der Waals surface area contributed by atoms with Gasteiger partial charge >= 0.3 is 0 Å². The molecule has 2 nitrogen and oxygen atoms in total. The Morgan fingerprint density at radius 1 is 1.73 bits per heavy atom. The molecule has 1 saturated carbocycles. The van der Waals surface area contributed by atoms with Crippen LogP contribution in [0.15, 0.2) is 0 Å². The smallest absolute Gasteiger partial charge is 0.223 e. The molecule has 11 heavy (non-hydrogen) atoms. The first-order chi connectivity index (χ1) is 5.27. The van der Waals surface area contributed by atoms with Gasteiger partial charge in [0, 0.05) is 17.8 Å². The van der Waals surface area contributed by atoms with Gasteiger partial charge in [0.15, 0.2) is 0 Å². The molecule has 0 saturated heterocycles. The van der Waals surface area contributed by atoms with Gasteiger partial charge in [-0.05, 0) is 19.3 Å². The van der Waals surface area contributed by atoms with Crippen LogP contribution >= 0.6 is 11.6 Å². The molecule has 0 aromatic heterocycles. The molecule has 1 aliphatic rings. The molecule has 0 aliphatic heterocycles. The van der Waals surface area contributed by atoms with Gasteiger partial charge < -0.3 is 5.32 Å². The van der Waals surface area contributed by atoms with E-state index in [0.29, 0.717) is 11.8 Å². The van der Waals surface area contributed by atoms with Crippen LogP contribution in [0.4, 0.5) is 0 Å². The summed E-state index contributed by atoms with van der Waals surface area (Å²) in [7, 11) is 0. The fourth-order valence-electron chi connectivity index (χ4n) is 0.914. The summed E-state index contributed by atoms with van der Waals surface area (Å²) in [5, 5.41) is 2.91. The highest BCUT2D eigenvalue weighted by Gasteiger charge is 2.30. The Balaban J connectivity index is 2.20. The fraction of sp³-hybridized carbons (Fsp3) is 0.875. The largest absolute Gasteiger partial charge is 0.352 e. The van der Waals surface area contributed by atoms with Crippen molar-refractivity contribution in [3.8, 4) is 0 Å². The lowest BCUT2D eigenvalue weighted by atomic mass is 10.2. The molecule has 1 aliphatic carbocycles. The Hall–Kier alpha value is -0.240. The van der Waals surface area contributed by atoms with Crippen LogP contribution in [0, 0.1) is 5.92 Å². The molecule has 0 bridgehead atoms. The minimum absolute atomic E-state index is 0.171. The SMILES string of the molecule is CCC(CCl)NC(=O)C1CC1. The Kier molecular flexibility index (Phi) is 3.18. The number of alkyl halides is 1. The molecule has 0 aromatic carbocycles. The zero-order valence-electron chi connectivity index (χ0n) is 6.77. The number of rotatable bonds is 4. The van der Waals surface area contributed by atoms with E-state index in [-0.39, 0.29) is 11.9 Å². The first kappa shape index (κ1) is 8.85. The number of carbonyl (C=O) groups excluding carboxylic acids is 1. The molecule has 0 heterocycles. The Morgan fingerprint density at radius 3 is 2.73 bits per heavy atom. The maximum atomic E-state index is 11.2. The first-order valence-electron chi connectivity index (χ1n) is 4.14.